The third kappa shape index (κ3) is 4.43. The highest BCUT2D eigenvalue weighted by Crippen LogP contribution is 2.20. The van der Waals surface area contributed by atoms with Crippen molar-refractivity contribution >= 4 is 11.6 Å². The number of carbonyl (C=O) groups excluding carboxylic acids is 1. The van der Waals surface area contributed by atoms with Crippen LogP contribution in [0, 0.1) is 11.7 Å². The monoisotopic (exact) mass is 293 g/mol. The van der Waals surface area contributed by atoms with Gasteiger partial charge in [0.1, 0.15) is 5.82 Å². The van der Waals surface area contributed by atoms with Crippen LogP contribution in [0.3, 0.4) is 0 Å². The molecule has 21 heavy (non-hydrogen) atoms. The quantitative estimate of drug-likeness (QED) is 0.898. The molecular weight excluding hydrogens is 269 g/mol. The van der Waals surface area contributed by atoms with Crippen molar-refractivity contribution in [2.24, 2.45) is 5.92 Å². The van der Waals surface area contributed by atoms with Gasteiger partial charge < -0.3 is 15.1 Å². The van der Waals surface area contributed by atoms with Crippen molar-refractivity contribution in [2.75, 3.05) is 44.2 Å². The number of halogens is 1. The normalized spacial score (nSPS) is 15.6. The highest BCUT2D eigenvalue weighted by molar-refractivity contribution is 5.78. The second kappa shape index (κ2) is 7.41. The maximum atomic E-state index is 13.7. The first-order chi connectivity index (χ1) is 10.1. The van der Waals surface area contributed by atoms with Crippen LogP contribution >= 0.6 is 0 Å². The van der Waals surface area contributed by atoms with Gasteiger partial charge in [-0.15, -0.1) is 0 Å². The largest absolute Gasteiger partial charge is 0.366 e. The van der Waals surface area contributed by atoms with Gasteiger partial charge in [-0.1, -0.05) is 26.0 Å². The van der Waals surface area contributed by atoms with Gasteiger partial charge in [-0.3, -0.25) is 4.79 Å². The molecule has 0 radical (unpaired) electrons. The Bertz CT molecular complexity index is 470. The lowest BCUT2D eigenvalue weighted by atomic mass is 10.2. The lowest BCUT2D eigenvalue weighted by Gasteiger charge is -2.36. The Morgan fingerprint density at radius 2 is 1.90 bits per heavy atom. The Morgan fingerprint density at radius 3 is 2.52 bits per heavy atom. The summed E-state index contributed by atoms with van der Waals surface area (Å²) in [6.07, 6.45) is 0. The number of benzene rings is 1. The molecule has 0 saturated carbocycles. The van der Waals surface area contributed by atoms with E-state index in [1.807, 2.05) is 15.9 Å². The van der Waals surface area contributed by atoms with Gasteiger partial charge >= 0.3 is 0 Å². The third-order valence-electron chi connectivity index (χ3n) is 3.65. The van der Waals surface area contributed by atoms with Crippen LogP contribution in [0.1, 0.15) is 13.8 Å². The topological polar surface area (TPSA) is 35.6 Å². The Morgan fingerprint density at radius 1 is 1.24 bits per heavy atom. The van der Waals surface area contributed by atoms with Crippen LogP contribution in [-0.2, 0) is 4.79 Å². The summed E-state index contributed by atoms with van der Waals surface area (Å²) in [7, 11) is 0. The summed E-state index contributed by atoms with van der Waals surface area (Å²) in [5.41, 5.74) is 0.627. The molecule has 1 N–H and O–H groups in total. The molecule has 0 spiro atoms. The van der Waals surface area contributed by atoms with Crippen molar-refractivity contribution in [2.45, 2.75) is 13.8 Å². The number of nitrogens with zero attached hydrogens (tertiary/aromatic N) is 2. The molecule has 5 heteroatoms. The number of rotatable bonds is 5. The highest BCUT2D eigenvalue weighted by atomic mass is 19.1. The van der Waals surface area contributed by atoms with E-state index in [0.717, 1.165) is 6.54 Å². The van der Waals surface area contributed by atoms with Crippen molar-refractivity contribution in [1.29, 1.82) is 0 Å². The Labute approximate surface area is 125 Å². The summed E-state index contributed by atoms with van der Waals surface area (Å²) in [6, 6.07) is 6.80. The Balaban J connectivity index is 1.80. The van der Waals surface area contributed by atoms with Crippen LogP contribution < -0.4 is 10.2 Å². The molecule has 4 nitrogen and oxygen atoms in total. The van der Waals surface area contributed by atoms with Gasteiger partial charge in [0.25, 0.3) is 0 Å². The minimum absolute atomic E-state index is 0.129. The van der Waals surface area contributed by atoms with Crippen LogP contribution in [0.25, 0.3) is 0 Å². The van der Waals surface area contributed by atoms with E-state index in [1.165, 1.54) is 6.07 Å². The Kier molecular flexibility index (Phi) is 5.56. The van der Waals surface area contributed by atoms with Gasteiger partial charge in [0.05, 0.1) is 12.2 Å². The number of para-hydroxylation sites is 1. The van der Waals surface area contributed by atoms with Gasteiger partial charge in [0.15, 0.2) is 0 Å². The van der Waals surface area contributed by atoms with Gasteiger partial charge in [-0.05, 0) is 24.6 Å². The lowest BCUT2D eigenvalue weighted by Crippen LogP contribution is -2.51. The number of carbonyl (C=O) groups is 1. The van der Waals surface area contributed by atoms with Crippen molar-refractivity contribution in [3.8, 4) is 0 Å². The predicted molar refractivity (Wildman–Crippen MR) is 82.9 cm³/mol. The molecule has 116 valence electrons. The molecule has 0 aromatic heterocycles. The summed E-state index contributed by atoms with van der Waals surface area (Å²) in [6.45, 7) is 8.12. The predicted octanol–water partition coefficient (Wildman–Crippen LogP) is 1.72. The van der Waals surface area contributed by atoms with Crippen LogP contribution in [0.2, 0.25) is 0 Å². The molecule has 0 bridgehead atoms. The minimum atomic E-state index is -0.198. The van der Waals surface area contributed by atoms with E-state index < -0.39 is 0 Å². The molecule has 1 heterocycles. The van der Waals surface area contributed by atoms with Crippen LogP contribution in [0.4, 0.5) is 10.1 Å². The lowest BCUT2D eigenvalue weighted by molar-refractivity contribution is -0.130. The first kappa shape index (κ1) is 15.8. The molecule has 1 fully saturated rings. The molecule has 1 aromatic carbocycles. The summed E-state index contributed by atoms with van der Waals surface area (Å²) < 4.78 is 13.7. The molecule has 1 saturated heterocycles. The van der Waals surface area contributed by atoms with Crippen LogP contribution in [0.5, 0.6) is 0 Å². The van der Waals surface area contributed by atoms with Crippen molar-refractivity contribution < 1.29 is 9.18 Å². The van der Waals surface area contributed by atoms with E-state index in [1.54, 1.807) is 12.1 Å². The van der Waals surface area contributed by atoms with E-state index in [4.69, 9.17) is 0 Å². The summed E-state index contributed by atoms with van der Waals surface area (Å²) in [4.78, 5) is 15.9. The molecular formula is C16H24FN3O. The number of hydrogen-bond donors (Lipinski definition) is 1. The third-order valence-corrected chi connectivity index (χ3v) is 3.65. The molecule has 1 aliphatic rings. The molecule has 1 amide bonds. The van der Waals surface area contributed by atoms with E-state index >= 15 is 0 Å². The van der Waals surface area contributed by atoms with Gasteiger partial charge in [0.2, 0.25) is 5.91 Å². The SMILES string of the molecule is CC(C)CNCC(=O)N1CCN(c2ccccc2F)CC1. The van der Waals surface area contributed by atoms with Crippen LogP contribution in [-0.4, -0.2) is 50.1 Å². The van der Waals surface area contributed by atoms with Gasteiger partial charge in [-0.25, -0.2) is 4.39 Å². The van der Waals surface area contributed by atoms with E-state index in [9.17, 15) is 9.18 Å². The fourth-order valence-electron chi connectivity index (χ4n) is 2.48. The standard InChI is InChI=1S/C16H24FN3O/c1-13(2)11-18-12-16(21)20-9-7-19(8-10-20)15-6-4-3-5-14(15)17/h3-6,13,18H,7-12H2,1-2H3. The van der Waals surface area contributed by atoms with Crippen molar-refractivity contribution in [3.63, 3.8) is 0 Å². The number of amides is 1. The number of nitrogens with one attached hydrogen (secondary N) is 1. The number of anilines is 1. The smallest absolute Gasteiger partial charge is 0.236 e. The zero-order chi connectivity index (χ0) is 15.2. The van der Waals surface area contributed by atoms with E-state index in [2.05, 4.69) is 19.2 Å². The van der Waals surface area contributed by atoms with Gasteiger partial charge in [-0.2, -0.15) is 0 Å². The zero-order valence-electron chi connectivity index (χ0n) is 12.8. The maximum Gasteiger partial charge on any atom is 0.236 e. The molecule has 0 atom stereocenters. The van der Waals surface area contributed by atoms with Crippen molar-refractivity contribution in [3.05, 3.63) is 30.1 Å². The van der Waals surface area contributed by atoms with E-state index in [0.29, 0.717) is 44.3 Å². The molecule has 1 aromatic rings. The highest BCUT2D eigenvalue weighted by Gasteiger charge is 2.22. The average Bonchev–Trinajstić information content (AvgIpc) is 2.47. The molecule has 1 aliphatic heterocycles. The number of piperazine rings is 1. The fourth-order valence-corrected chi connectivity index (χ4v) is 2.48. The fraction of sp³-hybridized carbons (Fsp3) is 0.562. The number of hydrogen-bond acceptors (Lipinski definition) is 3. The first-order valence-corrected chi connectivity index (χ1v) is 7.56. The second-order valence-corrected chi connectivity index (χ2v) is 5.84. The minimum Gasteiger partial charge on any atom is -0.366 e. The molecule has 2 rings (SSSR count). The summed E-state index contributed by atoms with van der Waals surface area (Å²) >= 11 is 0. The zero-order valence-corrected chi connectivity index (χ0v) is 12.8. The maximum absolute atomic E-state index is 13.7. The van der Waals surface area contributed by atoms with E-state index in [-0.39, 0.29) is 11.7 Å². The Hall–Kier alpha value is -1.62. The van der Waals surface area contributed by atoms with Crippen molar-refractivity contribution in [1.82, 2.24) is 10.2 Å². The van der Waals surface area contributed by atoms with Gasteiger partial charge in [0, 0.05) is 26.2 Å². The molecule has 0 aliphatic carbocycles. The van der Waals surface area contributed by atoms with Crippen LogP contribution in [0.15, 0.2) is 24.3 Å². The summed E-state index contributed by atoms with van der Waals surface area (Å²) in [5.74, 6) is 0.468. The molecule has 0 unspecified atom stereocenters. The average molecular weight is 293 g/mol. The second-order valence-electron chi connectivity index (χ2n) is 5.84. The first-order valence-electron chi connectivity index (χ1n) is 7.56. The summed E-state index contributed by atoms with van der Waals surface area (Å²) in [5, 5.41) is 3.17.